The number of amides is 2. The van der Waals surface area contributed by atoms with Gasteiger partial charge in [-0.05, 0) is 49.4 Å². The molecule has 0 radical (unpaired) electrons. The first-order chi connectivity index (χ1) is 11.9. The van der Waals surface area contributed by atoms with Crippen molar-refractivity contribution in [3.63, 3.8) is 0 Å². The molecule has 2 rings (SSSR count). The third-order valence-corrected chi connectivity index (χ3v) is 4.63. The maximum absolute atomic E-state index is 14.2. The minimum atomic E-state index is -0.608. The van der Waals surface area contributed by atoms with Crippen molar-refractivity contribution in [2.24, 2.45) is 17.6 Å². The average Bonchev–Trinajstić information content (AvgIpc) is 2.56. The second-order valence-corrected chi connectivity index (χ2v) is 7.20. The Morgan fingerprint density at radius 1 is 1.28 bits per heavy atom. The summed E-state index contributed by atoms with van der Waals surface area (Å²) in [7, 11) is 0. The number of carbonyl (C=O) groups is 2. The Morgan fingerprint density at radius 3 is 2.64 bits per heavy atom. The molecule has 5 nitrogen and oxygen atoms in total. The molecule has 4 N–H and O–H groups in total. The highest BCUT2D eigenvalue weighted by molar-refractivity contribution is 5.96. The molecule has 1 aliphatic rings. The van der Waals surface area contributed by atoms with Crippen LogP contribution in [0.25, 0.3) is 0 Å². The largest absolute Gasteiger partial charge is 0.349 e. The summed E-state index contributed by atoms with van der Waals surface area (Å²) in [4.78, 5) is 24.2. The lowest BCUT2D eigenvalue weighted by Crippen LogP contribution is -2.44. The van der Waals surface area contributed by atoms with Crippen LogP contribution in [0.15, 0.2) is 18.2 Å². The first kappa shape index (κ1) is 19.4. The number of hydrogen-bond acceptors (Lipinski definition) is 3. The van der Waals surface area contributed by atoms with E-state index in [4.69, 9.17) is 5.73 Å². The molecule has 6 heteroatoms. The molecule has 0 spiro atoms. The van der Waals surface area contributed by atoms with Gasteiger partial charge in [0.25, 0.3) is 5.91 Å². The van der Waals surface area contributed by atoms with Crippen LogP contribution < -0.4 is 16.4 Å². The summed E-state index contributed by atoms with van der Waals surface area (Å²) >= 11 is 0. The van der Waals surface area contributed by atoms with Gasteiger partial charge in [-0.1, -0.05) is 26.7 Å². The van der Waals surface area contributed by atoms with Crippen LogP contribution in [0.2, 0.25) is 0 Å². The molecule has 1 aromatic carbocycles. The summed E-state index contributed by atoms with van der Waals surface area (Å²) in [5.41, 5.74) is 6.13. The van der Waals surface area contributed by atoms with Crippen molar-refractivity contribution < 1.29 is 14.0 Å². The normalized spacial score (nSPS) is 20.4. The van der Waals surface area contributed by atoms with Gasteiger partial charge < -0.3 is 16.4 Å². The Bertz CT molecular complexity index is 619. The van der Waals surface area contributed by atoms with Crippen LogP contribution in [0.5, 0.6) is 0 Å². The first-order valence-electron chi connectivity index (χ1n) is 9.01. The van der Waals surface area contributed by atoms with Crippen molar-refractivity contribution in [2.45, 2.75) is 52.0 Å². The zero-order valence-corrected chi connectivity index (χ0v) is 15.0. The first-order valence-corrected chi connectivity index (χ1v) is 9.01. The van der Waals surface area contributed by atoms with Crippen molar-refractivity contribution in [3.8, 4) is 0 Å². The number of anilines is 1. The molecule has 2 atom stereocenters. The SMILES string of the molecule is CC(C)CC(=O)Nc1ccc(C(=O)NC2CCCCC2CN)cc1F. The highest BCUT2D eigenvalue weighted by Gasteiger charge is 2.25. The summed E-state index contributed by atoms with van der Waals surface area (Å²) in [6.07, 6.45) is 4.43. The van der Waals surface area contributed by atoms with Gasteiger partial charge in [-0.3, -0.25) is 9.59 Å². The number of carbonyl (C=O) groups excluding carboxylic acids is 2. The maximum atomic E-state index is 14.2. The quantitative estimate of drug-likeness (QED) is 0.738. The second kappa shape index (κ2) is 8.94. The van der Waals surface area contributed by atoms with Crippen LogP contribution in [-0.4, -0.2) is 24.4 Å². The maximum Gasteiger partial charge on any atom is 0.251 e. The van der Waals surface area contributed by atoms with Crippen LogP contribution >= 0.6 is 0 Å². The lowest BCUT2D eigenvalue weighted by molar-refractivity contribution is -0.116. The third kappa shape index (κ3) is 5.53. The molecule has 2 amide bonds. The smallest absolute Gasteiger partial charge is 0.251 e. The molecular weight excluding hydrogens is 321 g/mol. The minimum Gasteiger partial charge on any atom is -0.349 e. The molecule has 25 heavy (non-hydrogen) atoms. The Labute approximate surface area is 148 Å². The summed E-state index contributed by atoms with van der Waals surface area (Å²) in [6, 6.07) is 4.17. The van der Waals surface area contributed by atoms with Gasteiger partial charge in [0.2, 0.25) is 5.91 Å². The fourth-order valence-corrected chi connectivity index (χ4v) is 3.26. The highest BCUT2D eigenvalue weighted by Crippen LogP contribution is 2.24. The third-order valence-electron chi connectivity index (χ3n) is 4.63. The summed E-state index contributed by atoms with van der Waals surface area (Å²) in [6.45, 7) is 4.38. The van der Waals surface area contributed by atoms with Crippen LogP contribution in [0.4, 0.5) is 10.1 Å². The van der Waals surface area contributed by atoms with E-state index < -0.39 is 5.82 Å². The lowest BCUT2D eigenvalue weighted by Gasteiger charge is -2.31. The molecule has 0 saturated heterocycles. The fraction of sp³-hybridized carbons (Fsp3) is 0.579. The van der Waals surface area contributed by atoms with Crippen LogP contribution in [0, 0.1) is 17.7 Å². The minimum absolute atomic E-state index is 0.0414. The topological polar surface area (TPSA) is 84.2 Å². The molecule has 1 saturated carbocycles. The Hall–Kier alpha value is -1.95. The predicted molar refractivity (Wildman–Crippen MR) is 96.8 cm³/mol. The van der Waals surface area contributed by atoms with Gasteiger partial charge in [0.1, 0.15) is 5.82 Å². The number of benzene rings is 1. The molecule has 1 aliphatic carbocycles. The second-order valence-electron chi connectivity index (χ2n) is 7.20. The molecule has 138 valence electrons. The van der Waals surface area contributed by atoms with E-state index in [0.717, 1.165) is 25.7 Å². The van der Waals surface area contributed by atoms with Crippen molar-refractivity contribution in [2.75, 3.05) is 11.9 Å². The van der Waals surface area contributed by atoms with Crippen molar-refractivity contribution in [1.29, 1.82) is 0 Å². The molecular formula is C19H28FN3O2. The number of rotatable bonds is 6. The average molecular weight is 349 g/mol. The van der Waals surface area contributed by atoms with E-state index in [1.807, 2.05) is 13.8 Å². The Balaban J connectivity index is 2.01. The summed E-state index contributed by atoms with van der Waals surface area (Å²) in [5.74, 6) is -0.677. The van der Waals surface area contributed by atoms with E-state index in [1.54, 1.807) is 0 Å². The Kier molecular flexibility index (Phi) is 6.93. The predicted octanol–water partition coefficient (Wildman–Crippen LogP) is 3.06. The number of halogens is 1. The van der Waals surface area contributed by atoms with Gasteiger partial charge in [0, 0.05) is 18.0 Å². The van der Waals surface area contributed by atoms with E-state index in [2.05, 4.69) is 10.6 Å². The molecule has 2 unspecified atom stereocenters. The molecule has 1 fully saturated rings. The van der Waals surface area contributed by atoms with E-state index in [9.17, 15) is 14.0 Å². The van der Waals surface area contributed by atoms with E-state index >= 15 is 0 Å². The summed E-state index contributed by atoms with van der Waals surface area (Å²) < 4.78 is 14.2. The number of nitrogens with two attached hydrogens (primary N) is 1. The van der Waals surface area contributed by atoms with Crippen molar-refractivity contribution in [3.05, 3.63) is 29.6 Å². The van der Waals surface area contributed by atoms with Gasteiger partial charge in [-0.25, -0.2) is 4.39 Å². The van der Waals surface area contributed by atoms with E-state index in [1.165, 1.54) is 18.2 Å². The van der Waals surface area contributed by atoms with Crippen LogP contribution in [0.3, 0.4) is 0 Å². The number of hydrogen-bond donors (Lipinski definition) is 3. The van der Waals surface area contributed by atoms with Gasteiger partial charge in [0.15, 0.2) is 0 Å². The standard InChI is InChI=1S/C19H28FN3O2/c1-12(2)9-18(24)22-17-8-7-13(10-15(17)20)19(25)23-16-6-4-3-5-14(16)11-21/h7-8,10,12,14,16H,3-6,9,11,21H2,1-2H3,(H,22,24)(H,23,25). The summed E-state index contributed by atoms with van der Waals surface area (Å²) in [5, 5.41) is 5.52. The zero-order chi connectivity index (χ0) is 18.4. The molecule has 0 aromatic heterocycles. The molecule has 1 aromatic rings. The molecule has 0 aliphatic heterocycles. The van der Waals surface area contributed by atoms with E-state index in [-0.39, 0.29) is 40.9 Å². The van der Waals surface area contributed by atoms with Gasteiger partial charge >= 0.3 is 0 Å². The molecule has 0 heterocycles. The van der Waals surface area contributed by atoms with Crippen molar-refractivity contribution in [1.82, 2.24) is 5.32 Å². The van der Waals surface area contributed by atoms with Crippen LogP contribution in [-0.2, 0) is 4.79 Å². The lowest BCUT2D eigenvalue weighted by atomic mass is 9.84. The van der Waals surface area contributed by atoms with Gasteiger partial charge in [-0.15, -0.1) is 0 Å². The fourth-order valence-electron chi connectivity index (χ4n) is 3.26. The van der Waals surface area contributed by atoms with Gasteiger partial charge in [0.05, 0.1) is 5.69 Å². The van der Waals surface area contributed by atoms with E-state index in [0.29, 0.717) is 13.0 Å². The zero-order valence-electron chi connectivity index (χ0n) is 15.0. The highest BCUT2D eigenvalue weighted by atomic mass is 19.1. The van der Waals surface area contributed by atoms with Crippen molar-refractivity contribution >= 4 is 17.5 Å². The number of nitrogens with one attached hydrogen (secondary N) is 2. The molecule has 0 bridgehead atoms. The Morgan fingerprint density at radius 2 is 2.00 bits per heavy atom. The van der Waals surface area contributed by atoms with Gasteiger partial charge in [-0.2, -0.15) is 0 Å². The van der Waals surface area contributed by atoms with Crippen LogP contribution in [0.1, 0.15) is 56.3 Å². The monoisotopic (exact) mass is 349 g/mol.